The summed E-state index contributed by atoms with van der Waals surface area (Å²) in [5.41, 5.74) is 2.62. The number of aromatic nitrogens is 4. The smallest absolute Gasteiger partial charge is 0.248 e. The summed E-state index contributed by atoms with van der Waals surface area (Å²) in [4.78, 5) is 25.0. The van der Waals surface area contributed by atoms with Gasteiger partial charge in [-0.1, -0.05) is 56.5 Å². The predicted octanol–water partition coefficient (Wildman–Crippen LogP) is 4.75. The number of carbonyl (C=O) groups is 1. The van der Waals surface area contributed by atoms with Gasteiger partial charge in [0.25, 0.3) is 0 Å². The molecule has 0 spiro atoms. The van der Waals surface area contributed by atoms with Crippen LogP contribution in [0.25, 0.3) is 28.6 Å². The largest absolute Gasteiger partial charge is 0.450 e. The van der Waals surface area contributed by atoms with E-state index in [9.17, 15) is 9.59 Å². The standard InChI is InChI=1S/C25H25N5O3/c1-2-3-4-5-7-17-10-12-18(13-11-17)14-15-23(32)26-20-9-6-8-19-21(31)16-22(33-24(19)20)25-27-29-30-28-25/h6,8-16H,2-5,7H2,1H3,(H,26,32)(H,27,28,29,30)/b15-14+. The predicted molar refractivity (Wildman–Crippen MR) is 128 cm³/mol. The van der Waals surface area contributed by atoms with Gasteiger partial charge in [0.1, 0.15) is 0 Å². The average molecular weight is 444 g/mol. The van der Waals surface area contributed by atoms with Crippen molar-refractivity contribution >= 4 is 28.6 Å². The Hall–Kier alpha value is -4.07. The highest BCUT2D eigenvalue weighted by Crippen LogP contribution is 2.25. The highest BCUT2D eigenvalue weighted by atomic mass is 16.3. The molecule has 2 aromatic carbocycles. The number of anilines is 1. The number of aromatic amines is 1. The number of para-hydroxylation sites is 1. The van der Waals surface area contributed by atoms with Crippen LogP contribution in [0.4, 0.5) is 5.69 Å². The van der Waals surface area contributed by atoms with Gasteiger partial charge in [-0.05, 0) is 52.6 Å². The molecule has 2 heterocycles. The third kappa shape index (κ3) is 5.60. The molecule has 8 heteroatoms. The van der Waals surface area contributed by atoms with Crippen molar-refractivity contribution in [2.75, 3.05) is 5.32 Å². The Kier molecular flexibility index (Phi) is 7.04. The molecule has 33 heavy (non-hydrogen) atoms. The molecule has 0 radical (unpaired) electrons. The SMILES string of the molecule is CCCCCCc1ccc(/C=C/C(=O)Nc2cccc3c(=O)cc(-c4nnn[nH]4)oc23)cc1. The summed E-state index contributed by atoms with van der Waals surface area (Å²) in [7, 11) is 0. The first-order valence-corrected chi connectivity index (χ1v) is 11.0. The van der Waals surface area contributed by atoms with Gasteiger partial charge in [0.05, 0.1) is 11.1 Å². The number of hydrogen-bond acceptors (Lipinski definition) is 6. The lowest BCUT2D eigenvalue weighted by molar-refractivity contribution is -0.111. The van der Waals surface area contributed by atoms with Crippen molar-refractivity contribution in [3.8, 4) is 11.6 Å². The van der Waals surface area contributed by atoms with Crippen molar-refractivity contribution in [1.29, 1.82) is 0 Å². The van der Waals surface area contributed by atoms with Gasteiger partial charge in [0.2, 0.25) is 11.7 Å². The number of unbranched alkanes of at least 4 members (excludes halogenated alkanes) is 3. The van der Waals surface area contributed by atoms with Gasteiger partial charge >= 0.3 is 0 Å². The molecule has 0 bridgehead atoms. The Morgan fingerprint density at radius 2 is 1.97 bits per heavy atom. The molecule has 4 aromatic rings. The summed E-state index contributed by atoms with van der Waals surface area (Å²) in [5.74, 6) is 0.0777. The Labute approximate surface area is 190 Å². The number of tetrazole rings is 1. The first-order valence-electron chi connectivity index (χ1n) is 11.0. The van der Waals surface area contributed by atoms with Gasteiger partial charge in [-0.3, -0.25) is 9.59 Å². The van der Waals surface area contributed by atoms with Crippen LogP contribution in [0.5, 0.6) is 0 Å². The van der Waals surface area contributed by atoms with Gasteiger partial charge in [-0.2, -0.15) is 0 Å². The van der Waals surface area contributed by atoms with E-state index in [0.717, 1.165) is 12.0 Å². The highest BCUT2D eigenvalue weighted by Gasteiger charge is 2.13. The highest BCUT2D eigenvalue weighted by molar-refractivity contribution is 6.06. The third-order valence-corrected chi connectivity index (χ3v) is 5.32. The van der Waals surface area contributed by atoms with E-state index in [4.69, 9.17) is 4.42 Å². The number of nitrogens with zero attached hydrogens (tertiary/aromatic N) is 3. The number of H-pyrrole nitrogens is 1. The summed E-state index contributed by atoms with van der Waals surface area (Å²) in [5, 5.41) is 16.5. The number of aryl methyl sites for hydroxylation is 1. The first-order chi connectivity index (χ1) is 16.1. The minimum atomic E-state index is -0.333. The zero-order chi connectivity index (χ0) is 23.0. The van der Waals surface area contributed by atoms with Crippen molar-refractivity contribution in [1.82, 2.24) is 20.6 Å². The van der Waals surface area contributed by atoms with Crippen LogP contribution in [0.2, 0.25) is 0 Å². The molecule has 0 aliphatic rings. The maximum atomic E-state index is 12.5. The zero-order valence-corrected chi connectivity index (χ0v) is 18.4. The fourth-order valence-electron chi connectivity index (χ4n) is 3.55. The lowest BCUT2D eigenvalue weighted by atomic mass is 10.0. The summed E-state index contributed by atoms with van der Waals surface area (Å²) in [6.07, 6.45) is 9.24. The molecule has 0 atom stereocenters. The maximum Gasteiger partial charge on any atom is 0.248 e. The second-order valence-electron chi connectivity index (χ2n) is 7.78. The summed E-state index contributed by atoms with van der Waals surface area (Å²) < 4.78 is 5.83. The Balaban J connectivity index is 1.46. The molecule has 2 N–H and O–H groups in total. The van der Waals surface area contributed by atoms with Crippen molar-refractivity contribution in [2.45, 2.75) is 39.0 Å². The number of hydrogen-bond donors (Lipinski definition) is 2. The summed E-state index contributed by atoms with van der Waals surface area (Å²) in [6, 6.07) is 14.5. The molecule has 0 unspecified atom stereocenters. The molecule has 168 valence electrons. The van der Waals surface area contributed by atoms with Crippen LogP contribution in [-0.2, 0) is 11.2 Å². The molecular weight excluding hydrogens is 418 g/mol. The van der Waals surface area contributed by atoms with Crippen LogP contribution in [0.15, 0.2) is 63.8 Å². The summed E-state index contributed by atoms with van der Waals surface area (Å²) in [6.45, 7) is 2.21. The fraction of sp³-hybridized carbons (Fsp3) is 0.240. The Morgan fingerprint density at radius 3 is 2.73 bits per heavy atom. The number of amides is 1. The minimum Gasteiger partial charge on any atom is -0.450 e. The lowest BCUT2D eigenvalue weighted by Crippen LogP contribution is -2.09. The van der Waals surface area contributed by atoms with E-state index in [1.807, 2.05) is 12.1 Å². The number of fused-ring (bicyclic) bond motifs is 1. The summed E-state index contributed by atoms with van der Waals surface area (Å²) >= 11 is 0. The molecule has 0 aliphatic carbocycles. The molecule has 0 fully saturated rings. The van der Waals surface area contributed by atoms with Crippen molar-refractivity contribution in [3.63, 3.8) is 0 Å². The van der Waals surface area contributed by atoms with Crippen LogP contribution in [0.3, 0.4) is 0 Å². The van der Waals surface area contributed by atoms with Crippen LogP contribution >= 0.6 is 0 Å². The molecule has 0 aliphatic heterocycles. The van der Waals surface area contributed by atoms with E-state index >= 15 is 0 Å². The topological polar surface area (TPSA) is 114 Å². The number of nitrogens with one attached hydrogen (secondary N) is 2. The molecule has 0 saturated heterocycles. The van der Waals surface area contributed by atoms with Gasteiger partial charge in [0.15, 0.2) is 16.8 Å². The number of carbonyl (C=O) groups excluding carboxylic acids is 1. The third-order valence-electron chi connectivity index (χ3n) is 5.32. The Morgan fingerprint density at radius 1 is 1.12 bits per heavy atom. The maximum absolute atomic E-state index is 12.5. The molecule has 4 rings (SSSR count). The molecular formula is C25H25N5O3. The van der Waals surface area contributed by atoms with E-state index in [0.29, 0.717) is 11.1 Å². The number of benzene rings is 2. The molecule has 2 aromatic heterocycles. The van der Waals surface area contributed by atoms with Gasteiger partial charge < -0.3 is 9.73 Å². The monoisotopic (exact) mass is 443 g/mol. The minimum absolute atomic E-state index is 0.185. The van der Waals surface area contributed by atoms with Gasteiger partial charge in [-0.25, -0.2) is 5.10 Å². The van der Waals surface area contributed by atoms with E-state index in [-0.39, 0.29) is 28.5 Å². The molecule has 1 amide bonds. The van der Waals surface area contributed by atoms with Crippen molar-refractivity contribution in [3.05, 3.63) is 76.0 Å². The second kappa shape index (κ2) is 10.5. The first kappa shape index (κ1) is 22.1. The van der Waals surface area contributed by atoms with Crippen molar-refractivity contribution < 1.29 is 9.21 Å². The molecule has 8 nitrogen and oxygen atoms in total. The zero-order valence-electron chi connectivity index (χ0n) is 18.4. The van der Waals surface area contributed by atoms with Crippen LogP contribution in [0.1, 0.15) is 43.7 Å². The van der Waals surface area contributed by atoms with Gasteiger partial charge in [0, 0.05) is 12.1 Å². The van der Waals surface area contributed by atoms with E-state index < -0.39 is 0 Å². The number of rotatable bonds is 9. The molecule has 0 saturated carbocycles. The van der Waals surface area contributed by atoms with E-state index in [1.165, 1.54) is 43.4 Å². The van der Waals surface area contributed by atoms with Crippen molar-refractivity contribution in [2.24, 2.45) is 0 Å². The van der Waals surface area contributed by atoms with Crippen LogP contribution in [0, 0.1) is 0 Å². The van der Waals surface area contributed by atoms with E-state index in [1.54, 1.807) is 24.3 Å². The van der Waals surface area contributed by atoms with Crippen LogP contribution < -0.4 is 10.7 Å². The fourth-order valence-corrected chi connectivity index (χ4v) is 3.55. The van der Waals surface area contributed by atoms with E-state index in [2.05, 4.69) is 45.0 Å². The lowest BCUT2D eigenvalue weighted by Gasteiger charge is -2.07. The average Bonchev–Trinajstić information content (AvgIpc) is 3.37. The quantitative estimate of drug-likeness (QED) is 0.285. The second-order valence-corrected chi connectivity index (χ2v) is 7.78. The van der Waals surface area contributed by atoms with Gasteiger partial charge in [-0.15, -0.1) is 5.10 Å². The normalized spacial score (nSPS) is 11.3. The van der Waals surface area contributed by atoms with Crippen LogP contribution in [-0.4, -0.2) is 26.5 Å². The Bertz CT molecular complexity index is 1310.